The molecule has 6 heteroatoms. The van der Waals surface area contributed by atoms with Crippen molar-refractivity contribution in [3.63, 3.8) is 0 Å². The van der Waals surface area contributed by atoms with Crippen molar-refractivity contribution in [1.29, 1.82) is 0 Å². The van der Waals surface area contributed by atoms with Gasteiger partial charge in [-0.2, -0.15) is 0 Å². The molecule has 110 valence electrons. The molecule has 1 aliphatic rings. The van der Waals surface area contributed by atoms with Gasteiger partial charge in [0.15, 0.2) is 0 Å². The van der Waals surface area contributed by atoms with Gasteiger partial charge >= 0.3 is 5.97 Å². The van der Waals surface area contributed by atoms with Gasteiger partial charge in [0.2, 0.25) is 0 Å². The molecule has 0 unspecified atom stereocenters. The van der Waals surface area contributed by atoms with Crippen LogP contribution in [0.1, 0.15) is 35.4 Å². The summed E-state index contributed by atoms with van der Waals surface area (Å²) in [4.78, 5) is 24.7. The van der Waals surface area contributed by atoms with Gasteiger partial charge in [-0.05, 0) is 25.8 Å². The van der Waals surface area contributed by atoms with Crippen molar-refractivity contribution < 1.29 is 23.8 Å². The predicted octanol–water partition coefficient (Wildman–Crippen LogP) is 1.68. The Morgan fingerprint density at radius 2 is 2.30 bits per heavy atom. The molecule has 1 fully saturated rings. The van der Waals surface area contributed by atoms with Gasteiger partial charge < -0.3 is 19.2 Å². The second-order valence-electron chi connectivity index (χ2n) is 4.92. The van der Waals surface area contributed by atoms with Crippen molar-refractivity contribution in [1.82, 2.24) is 4.90 Å². The first-order valence-electron chi connectivity index (χ1n) is 6.74. The number of hydrogen-bond donors (Lipinski definition) is 1. The van der Waals surface area contributed by atoms with Gasteiger partial charge in [-0.15, -0.1) is 0 Å². The predicted molar refractivity (Wildman–Crippen MR) is 70.6 cm³/mol. The number of amides is 1. The standard InChI is InChI=1S/C14H19NO5/c1-10-12(5-8-19-10)14(18)15(6-4-13(16)17)9-11-3-2-7-20-11/h5,8,11H,2-4,6-7,9H2,1H3,(H,16,17)/t11-/m1/s1. The van der Waals surface area contributed by atoms with Crippen LogP contribution in [0.4, 0.5) is 0 Å². The number of ether oxygens (including phenoxy) is 1. The van der Waals surface area contributed by atoms with Crippen molar-refractivity contribution in [2.24, 2.45) is 0 Å². The van der Waals surface area contributed by atoms with Gasteiger partial charge in [0, 0.05) is 19.7 Å². The first-order valence-corrected chi connectivity index (χ1v) is 6.74. The van der Waals surface area contributed by atoms with Crippen molar-refractivity contribution in [2.45, 2.75) is 32.3 Å². The third kappa shape index (κ3) is 3.60. The van der Waals surface area contributed by atoms with Crippen LogP contribution >= 0.6 is 0 Å². The highest BCUT2D eigenvalue weighted by molar-refractivity contribution is 5.95. The highest BCUT2D eigenvalue weighted by Gasteiger charge is 2.25. The molecule has 0 aliphatic carbocycles. The summed E-state index contributed by atoms with van der Waals surface area (Å²) in [6.07, 6.45) is 3.27. The van der Waals surface area contributed by atoms with Crippen LogP contribution < -0.4 is 0 Å². The Hall–Kier alpha value is -1.82. The molecular weight excluding hydrogens is 262 g/mol. The Bertz CT molecular complexity index is 476. The van der Waals surface area contributed by atoms with Gasteiger partial charge in [0.25, 0.3) is 5.91 Å². The topological polar surface area (TPSA) is 80.0 Å². The molecule has 0 saturated carbocycles. The molecule has 2 heterocycles. The lowest BCUT2D eigenvalue weighted by Gasteiger charge is -2.24. The van der Waals surface area contributed by atoms with Crippen LogP contribution in [0, 0.1) is 6.92 Å². The quantitative estimate of drug-likeness (QED) is 0.858. The normalized spacial score (nSPS) is 18.1. The van der Waals surface area contributed by atoms with Crippen LogP contribution in [0.15, 0.2) is 16.7 Å². The van der Waals surface area contributed by atoms with E-state index in [1.165, 1.54) is 6.26 Å². The Morgan fingerprint density at radius 1 is 1.50 bits per heavy atom. The molecule has 1 amide bonds. The highest BCUT2D eigenvalue weighted by Crippen LogP contribution is 2.17. The summed E-state index contributed by atoms with van der Waals surface area (Å²) in [5, 5.41) is 8.80. The van der Waals surface area contributed by atoms with Crippen LogP contribution in [0.25, 0.3) is 0 Å². The molecule has 6 nitrogen and oxygen atoms in total. The Balaban J connectivity index is 2.05. The number of aryl methyl sites for hydroxylation is 1. The van der Waals surface area contributed by atoms with Crippen molar-refractivity contribution in [2.75, 3.05) is 19.7 Å². The van der Waals surface area contributed by atoms with Gasteiger partial charge in [0.1, 0.15) is 5.76 Å². The van der Waals surface area contributed by atoms with Gasteiger partial charge in [0.05, 0.1) is 24.4 Å². The van der Waals surface area contributed by atoms with Crippen molar-refractivity contribution >= 4 is 11.9 Å². The molecular formula is C14H19NO5. The van der Waals surface area contributed by atoms with E-state index in [4.69, 9.17) is 14.3 Å². The maximum absolute atomic E-state index is 12.4. The molecule has 1 aromatic rings. The van der Waals surface area contributed by atoms with E-state index in [1.54, 1.807) is 17.9 Å². The molecule has 20 heavy (non-hydrogen) atoms. The van der Waals surface area contributed by atoms with Gasteiger partial charge in [-0.1, -0.05) is 0 Å². The fourth-order valence-corrected chi connectivity index (χ4v) is 2.32. The number of nitrogens with zero attached hydrogens (tertiary/aromatic N) is 1. The monoisotopic (exact) mass is 281 g/mol. The van der Waals surface area contributed by atoms with E-state index in [-0.39, 0.29) is 25.0 Å². The summed E-state index contributed by atoms with van der Waals surface area (Å²) in [7, 11) is 0. The molecule has 1 saturated heterocycles. The summed E-state index contributed by atoms with van der Waals surface area (Å²) < 4.78 is 10.7. The molecule has 1 N–H and O–H groups in total. The summed E-state index contributed by atoms with van der Waals surface area (Å²) in [6, 6.07) is 1.61. The number of carboxylic acids is 1. The lowest BCUT2D eigenvalue weighted by Crippen LogP contribution is -2.38. The largest absolute Gasteiger partial charge is 0.481 e. The van der Waals surface area contributed by atoms with E-state index in [1.807, 2.05) is 0 Å². The molecule has 1 aliphatic heterocycles. The van der Waals surface area contributed by atoms with Crippen molar-refractivity contribution in [3.8, 4) is 0 Å². The maximum atomic E-state index is 12.4. The fourth-order valence-electron chi connectivity index (χ4n) is 2.32. The smallest absolute Gasteiger partial charge is 0.305 e. The molecule has 0 spiro atoms. The van der Waals surface area contributed by atoms with Gasteiger partial charge in [-0.25, -0.2) is 0 Å². The third-order valence-corrected chi connectivity index (χ3v) is 3.42. The lowest BCUT2D eigenvalue weighted by atomic mass is 10.2. The zero-order chi connectivity index (χ0) is 14.5. The number of carbonyl (C=O) groups is 2. The second kappa shape index (κ2) is 6.56. The fraction of sp³-hybridized carbons (Fsp3) is 0.571. The van der Waals surface area contributed by atoms with Gasteiger partial charge in [-0.3, -0.25) is 9.59 Å². The van der Waals surface area contributed by atoms with E-state index in [0.717, 1.165) is 12.8 Å². The number of aliphatic carboxylic acids is 1. The molecule has 0 radical (unpaired) electrons. The number of furan rings is 1. The molecule has 1 atom stereocenters. The average molecular weight is 281 g/mol. The zero-order valence-electron chi connectivity index (χ0n) is 11.5. The number of carbonyl (C=O) groups excluding carboxylic acids is 1. The molecule has 0 aromatic carbocycles. The minimum Gasteiger partial charge on any atom is -0.481 e. The number of hydrogen-bond acceptors (Lipinski definition) is 4. The third-order valence-electron chi connectivity index (χ3n) is 3.42. The molecule has 0 bridgehead atoms. The van der Waals surface area contributed by atoms with E-state index in [2.05, 4.69) is 0 Å². The van der Waals surface area contributed by atoms with Crippen LogP contribution in [0.2, 0.25) is 0 Å². The Labute approximate surface area is 117 Å². The number of carboxylic acid groups (broad SMARTS) is 1. The van der Waals surface area contributed by atoms with Crippen LogP contribution in [-0.2, 0) is 9.53 Å². The second-order valence-corrected chi connectivity index (χ2v) is 4.92. The Morgan fingerprint density at radius 3 is 2.85 bits per heavy atom. The van der Waals surface area contributed by atoms with E-state index in [9.17, 15) is 9.59 Å². The van der Waals surface area contributed by atoms with Crippen molar-refractivity contribution in [3.05, 3.63) is 23.7 Å². The Kier molecular flexibility index (Phi) is 4.79. The SMILES string of the molecule is Cc1occc1C(=O)N(CCC(=O)O)C[C@H]1CCCO1. The van der Waals surface area contributed by atoms with Crippen LogP contribution in [-0.4, -0.2) is 47.7 Å². The first kappa shape index (κ1) is 14.6. The minimum atomic E-state index is -0.918. The summed E-state index contributed by atoms with van der Waals surface area (Å²) >= 11 is 0. The molecule has 1 aromatic heterocycles. The zero-order valence-corrected chi connectivity index (χ0v) is 11.5. The van der Waals surface area contributed by atoms with E-state index in [0.29, 0.717) is 24.5 Å². The average Bonchev–Trinajstić information content (AvgIpc) is 3.04. The molecule has 2 rings (SSSR count). The van der Waals surface area contributed by atoms with E-state index >= 15 is 0 Å². The summed E-state index contributed by atoms with van der Waals surface area (Å²) in [6.45, 7) is 3.03. The first-order chi connectivity index (χ1) is 9.58. The van der Waals surface area contributed by atoms with Crippen LogP contribution in [0.3, 0.4) is 0 Å². The minimum absolute atomic E-state index is 0.0000444. The van der Waals surface area contributed by atoms with Crippen LogP contribution in [0.5, 0.6) is 0 Å². The van der Waals surface area contributed by atoms with E-state index < -0.39 is 5.97 Å². The highest BCUT2D eigenvalue weighted by atomic mass is 16.5. The summed E-state index contributed by atoms with van der Waals surface area (Å²) in [5.41, 5.74) is 0.480. The number of rotatable bonds is 6. The summed E-state index contributed by atoms with van der Waals surface area (Å²) in [5.74, 6) is -0.574. The lowest BCUT2D eigenvalue weighted by molar-refractivity contribution is -0.137. The maximum Gasteiger partial charge on any atom is 0.305 e.